The minimum absolute atomic E-state index is 0.142. The quantitative estimate of drug-likeness (QED) is 0.820. The summed E-state index contributed by atoms with van der Waals surface area (Å²) in [5.74, 6) is -0.240. The van der Waals surface area contributed by atoms with Crippen LogP contribution in [0.5, 0.6) is 0 Å². The van der Waals surface area contributed by atoms with Crippen LogP contribution in [-0.2, 0) is 11.3 Å². The first kappa shape index (κ1) is 12.5. The van der Waals surface area contributed by atoms with Crippen molar-refractivity contribution in [3.63, 3.8) is 0 Å². The fourth-order valence-electron chi connectivity index (χ4n) is 2.26. The van der Waals surface area contributed by atoms with Crippen LogP contribution in [0.15, 0.2) is 24.3 Å². The molecule has 94 valence electrons. The lowest BCUT2D eigenvalue weighted by Crippen LogP contribution is -2.27. The number of ether oxygens (including phenoxy) is 1. The van der Waals surface area contributed by atoms with Crippen LogP contribution in [-0.4, -0.2) is 17.3 Å². The van der Waals surface area contributed by atoms with E-state index in [1.165, 1.54) is 6.07 Å². The third-order valence-corrected chi connectivity index (χ3v) is 3.33. The lowest BCUT2D eigenvalue weighted by molar-refractivity contribution is -0.0490. The summed E-state index contributed by atoms with van der Waals surface area (Å²) < 4.78 is 19.0. The van der Waals surface area contributed by atoms with Gasteiger partial charge in [0.15, 0.2) is 0 Å². The molecule has 0 amide bonds. The number of rotatable bonds is 3. The van der Waals surface area contributed by atoms with Crippen molar-refractivity contribution in [2.24, 2.45) is 0 Å². The Morgan fingerprint density at radius 2 is 1.94 bits per heavy atom. The standard InChI is InChI=1S/C14H19FO2/c15-12-7-5-4-6-11(12)10-17-14-9-3-1-2-8-13(14)16/h4-7,13-14,16H,1-3,8-10H2. The maximum Gasteiger partial charge on any atom is 0.128 e. The van der Waals surface area contributed by atoms with E-state index in [1.54, 1.807) is 18.2 Å². The Bertz CT molecular complexity index is 354. The molecule has 2 rings (SSSR count). The Kier molecular flexibility index (Phi) is 4.51. The molecule has 1 N–H and O–H groups in total. The predicted molar refractivity (Wildman–Crippen MR) is 64.1 cm³/mol. The first-order chi connectivity index (χ1) is 8.27. The van der Waals surface area contributed by atoms with E-state index in [0.717, 1.165) is 32.1 Å². The molecule has 0 saturated heterocycles. The van der Waals surface area contributed by atoms with Crippen LogP contribution in [0.4, 0.5) is 4.39 Å². The summed E-state index contributed by atoms with van der Waals surface area (Å²) in [5, 5.41) is 9.88. The van der Waals surface area contributed by atoms with E-state index in [1.807, 2.05) is 0 Å². The average molecular weight is 238 g/mol. The van der Waals surface area contributed by atoms with Gasteiger partial charge in [-0.1, -0.05) is 37.5 Å². The van der Waals surface area contributed by atoms with Crippen molar-refractivity contribution in [3.8, 4) is 0 Å². The number of aliphatic hydroxyl groups is 1. The molecular weight excluding hydrogens is 219 g/mol. The second-order valence-electron chi connectivity index (χ2n) is 4.65. The van der Waals surface area contributed by atoms with Crippen molar-refractivity contribution in [2.45, 2.75) is 50.9 Å². The summed E-state index contributed by atoms with van der Waals surface area (Å²) in [5.41, 5.74) is 0.559. The highest BCUT2D eigenvalue weighted by Gasteiger charge is 2.22. The highest BCUT2D eigenvalue weighted by molar-refractivity contribution is 5.16. The molecule has 0 aliphatic heterocycles. The Labute approximate surface area is 101 Å². The van der Waals surface area contributed by atoms with Gasteiger partial charge >= 0.3 is 0 Å². The van der Waals surface area contributed by atoms with E-state index >= 15 is 0 Å². The molecule has 1 aromatic carbocycles. The zero-order valence-corrected chi connectivity index (χ0v) is 9.94. The third-order valence-electron chi connectivity index (χ3n) is 3.33. The molecule has 0 bridgehead atoms. The molecule has 1 aliphatic rings. The first-order valence-electron chi connectivity index (χ1n) is 6.30. The molecule has 1 saturated carbocycles. The molecule has 2 unspecified atom stereocenters. The summed E-state index contributed by atoms with van der Waals surface area (Å²) in [7, 11) is 0. The van der Waals surface area contributed by atoms with Crippen LogP contribution in [0.3, 0.4) is 0 Å². The molecule has 3 heteroatoms. The van der Waals surface area contributed by atoms with Crippen molar-refractivity contribution >= 4 is 0 Å². The highest BCUT2D eigenvalue weighted by atomic mass is 19.1. The van der Waals surface area contributed by atoms with Gasteiger partial charge in [-0.2, -0.15) is 0 Å². The van der Waals surface area contributed by atoms with Gasteiger partial charge in [0.1, 0.15) is 5.82 Å². The fourth-order valence-corrected chi connectivity index (χ4v) is 2.26. The van der Waals surface area contributed by atoms with Crippen LogP contribution < -0.4 is 0 Å². The summed E-state index contributed by atoms with van der Waals surface area (Å²) in [6.07, 6.45) is 4.41. The normalized spacial score (nSPS) is 25.5. The molecule has 1 aromatic rings. The zero-order chi connectivity index (χ0) is 12.1. The molecule has 17 heavy (non-hydrogen) atoms. The largest absolute Gasteiger partial charge is 0.390 e. The summed E-state index contributed by atoms with van der Waals surface area (Å²) in [6.45, 7) is 0.244. The minimum atomic E-state index is -0.399. The maximum absolute atomic E-state index is 13.4. The van der Waals surface area contributed by atoms with E-state index < -0.39 is 6.10 Å². The third kappa shape index (κ3) is 3.51. The smallest absolute Gasteiger partial charge is 0.128 e. The van der Waals surface area contributed by atoms with Crippen LogP contribution in [0, 0.1) is 5.82 Å². The van der Waals surface area contributed by atoms with Crippen LogP contribution in [0.2, 0.25) is 0 Å². The number of hydrogen-bond acceptors (Lipinski definition) is 2. The van der Waals surface area contributed by atoms with Crippen molar-refractivity contribution in [2.75, 3.05) is 0 Å². The van der Waals surface area contributed by atoms with E-state index in [2.05, 4.69) is 0 Å². The van der Waals surface area contributed by atoms with E-state index in [-0.39, 0.29) is 18.5 Å². The van der Waals surface area contributed by atoms with Gasteiger partial charge in [0.05, 0.1) is 18.8 Å². The van der Waals surface area contributed by atoms with Crippen LogP contribution in [0.25, 0.3) is 0 Å². The van der Waals surface area contributed by atoms with Gasteiger partial charge in [-0.25, -0.2) is 4.39 Å². The summed E-state index contributed by atoms with van der Waals surface area (Å²) in [6, 6.07) is 6.62. The number of benzene rings is 1. The minimum Gasteiger partial charge on any atom is -0.390 e. The molecular formula is C14H19FO2. The van der Waals surface area contributed by atoms with Crippen molar-refractivity contribution in [3.05, 3.63) is 35.6 Å². The topological polar surface area (TPSA) is 29.5 Å². The Morgan fingerprint density at radius 3 is 2.76 bits per heavy atom. The molecule has 1 fully saturated rings. The first-order valence-corrected chi connectivity index (χ1v) is 6.30. The Hall–Kier alpha value is -0.930. The van der Waals surface area contributed by atoms with Gasteiger partial charge in [-0.05, 0) is 18.9 Å². The van der Waals surface area contributed by atoms with E-state index in [9.17, 15) is 9.50 Å². The van der Waals surface area contributed by atoms with Gasteiger partial charge in [-0.15, -0.1) is 0 Å². The summed E-state index contributed by atoms with van der Waals surface area (Å²) >= 11 is 0. The highest BCUT2D eigenvalue weighted by Crippen LogP contribution is 2.22. The van der Waals surface area contributed by atoms with Crippen LogP contribution in [0.1, 0.15) is 37.7 Å². The van der Waals surface area contributed by atoms with Crippen LogP contribution >= 0.6 is 0 Å². The Balaban J connectivity index is 1.90. The van der Waals surface area contributed by atoms with Crippen molar-refractivity contribution < 1.29 is 14.2 Å². The lowest BCUT2D eigenvalue weighted by atomic mass is 10.1. The molecule has 0 aromatic heterocycles. The number of aliphatic hydroxyl groups excluding tert-OH is 1. The van der Waals surface area contributed by atoms with E-state index in [0.29, 0.717) is 5.56 Å². The number of halogens is 1. The van der Waals surface area contributed by atoms with Crippen molar-refractivity contribution in [1.82, 2.24) is 0 Å². The monoisotopic (exact) mass is 238 g/mol. The average Bonchev–Trinajstić information content (AvgIpc) is 2.53. The molecule has 2 nitrogen and oxygen atoms in total. The SMILES string of the molecule is OC1CCCCCC1OCc1ccccc1F. The zero-order valence-electron chi connectivity index (χ0n) is 9.94. The van der Waals surface area contributed by atoms with Gasteiger partial charge in [0, 0.05) is 5.56 Å². The second-order valence-corrected chi connectivity index (χ2v) is 4.65. The second kappa shape index (κ2) is 6.12. The van der Waals surface area contributed by atoms with Crippen molar-refractivity contribution in [1.29, 1.82) is 0 Å². The fraction of sp³-hybridized carbons (Fsp3) is 0.571. The lowest BCUT2D eigenvalue weighted by Gasteiger charge is -2.21. The predicted octanol–water partition coefficient (Wildman–Crippen LogP) is 3.04. The molecule has 0 spiro atoms. The maximum atomic E-state index is 13.4. The van der Waals surface area contributed by atoms with Gasteiger partial charge in [0.2, 0.25) is 0 Å². The Morgan fingerprint density at radius 1 is 1.18 bits per heavy atom. The number of hydrogen-bond donors (Lipinski definition) is 1. The van der Waals surface area contributed by atoms with Gasteiger partial charge in [-0.3, -0.25) is 0 Å². The summed E-state index contributed by atoms with van der Waals surface area (Å²) in [4.78, 5) is 0. The molecule has 1 aliphatic carbocycles. The molecule has 0 radical (unpaired) electrons. The molecule has 2 atom stereocenters. The van der Waals surface area contributed by atoms with E-state index in [4.69, 9.17) is 4.74 Å². The van der Waals surface area contributed by atoms with Gasteiger partial charge in [0.25, 0.3) is 0 Å². The molecule has 0 heterocycles. The van der Waals surface area contributed by atoms with Gasteiger partial charge < -0.3 is 9.84 Å².